The highest BCUT2D eigenvalue weighted by atomic mass is 79.9. The van der Waals surface area contributed by atoms with Gasteiger partial charge in [-0.3, -0.25) is 0 Å². The third-order valence-corrected chi connectivity index (χ3v) is 6.97. The maximum absolute atomic E-state index is 3.58. The van der Waals surface area contributed by atoms with E-state index in [1.807, 2.05) is 0 Å². The van der Waals surface area contributed by atoms with Gasteiger partial charge in [0.1, 0.15) is 22.7 Å². The van der Waals surface area contributed by atoms with Gasteiger partial charge in [0, 0.05) is 66.4 Å². The zero-order valence-electron chi connectivity index (χ0n) is 15.2. The maximum Gasteiger partial charge on any atom is 0.148 e. The van der Waals surface area contributed by atoms with Crippen LogP contribution in [0.4, 0.5) is 22.7 Å². The van der Waals surface area contributed by atoms with Crippen molar-refractivity contribution in [2.24, 2.45) is 0 Å². The number of benzene rings is 4. The van der Waals surface area contributed by atoms with Crippen molar-refractivity contribution >= 4 is 86.5 Å². The van der Waals surface area contributed by atoms with Gasteiger partial charge in [0.25, 0.3) is 0 Å². The number of rotatable bonds is 4. The van der Waals surface area contributed by atoms with Gasteiger partial charge < -0.3 is 0 Å². The predicted octanol–water partition coefficient (Wildman–Crippen LogP) is 10.0. The summed E-state index contributed by atoms with van der Waals surface area (Å²) in [7, 11) is 0. The average molecular weight is 638 g/mol. The molecule has 0 radical (unpaired) electrons. The molecule has 1 nitrogen and oxygen atoms in total. The van der Waals surface area contributed by atoms with E-state index >= 15 is 0 Å². The molecule has 5 heteroatoms. The second-order valence-electron chi connectivity index (χ2n) is 6.58. The minimum Gasteiger partial charge on any atom is -0.194 e. The summed E-state index contributed by atoms with van der Waals surface area (Å²) in [6, 6.07) is 34.2. The van der Waals surface area contributed by atoms with Crippen LogP contribution in [0.5, 0.6) is 0 Å². The summed E-state index contributed by atoms with van der Waals surface area (Å²) in [4.78, 5) is 0. The fourth-order valence-corrected chi connectivity index (χ4v) is 4.61. The van der Waals surface area contributed by atoms with Crippen LogP contribution in [-0.4, -0.2) is 0 Å². The molecule has 0 aliphatic carbocycles. The monoisotopic (exact) mass is 634 g/mol. The molecule has 4 aromatic rings. The summed E-state index contributed by atoms with van der Waals surface area (Å²) in [5.41, 5.74) is 4.61. The minimum absolute atomic E-state index is 0.473. The van der Waals surface area contributed by atoms with E-state index in [4.69, 9.17) is 0 Å². The van der Waals surface area contributed by atoms with Crippen molar-refractivity contribution in [1.82, 2.24) is 4.48 Å². The fraction of sp³-hybridized carbons (Fsp3) is 0. The number of quaternary nitrogens is 1. The standard InChI is InChI=1S/C24H16Br4N/c25-17-1-9-21(10-2-17)29(22-11-3-18(26)4-12-22,23-13-5-19(27)6-14-23)24-15-7-20(28)8-16-24/h1-16H/q+1. The lowest BCUT2D eigenvalue weighted by Crippen LogP contribution is -2.33. The number of halogens is 4. The summed E-state index contributed by atoms with van der Waals surface area (Å²) in [5, 5.41) is 0. The van der Waals surface area contributed by atoms with Gasteiger partial charge in [-0.15, -0.1) is 0 Å². The predicted molar refractivity (Wildman–Crippen MR) is 137 cm³/mol. The van der Waals surface area contributed by atoms with E-state index in [1.54, 1.807) is 0 Å². The van der Waals surface area contributed by atoms with E-state index in [-0.39, 0.29) is 0 Å². The first kappa shape index (κ1) is 21.0. The molecule has 0 amide bonds. The molecule has 0 aromatic heterocycles. The van der Waals surface area contributed by atoms with Gasteiger partial charge >= 0.3 is 0 Å². The molecule has 0 bridgehead atoms. The van der Waals surface area contributed by atoms with Gasteiger partial charge in [0.15, 0.2) is 0 Å². The second kappa shape index (κ2) is 8.86. The van der Waals surface area contributed by atoms with Crippen LogP contribution in [0.25, 0.3) is 0 Å². The Hall–Kier alpha value is -1.24. The third kappa shape index (κ3) is 4.17. The Balaban J connectivity index is 2.11. The zero-order valence-corrected chi connectivity index (χ0v) is 21.5. The number of hydrogen-bond donors (Lipinski definition) is 0. The smallest absolute Gasteiger partial charge is 0.148 e. The number of nitrogens with zero attached hydrogens (tertiary/aromatic N) is 1. The second-order valence-corrected chi connectivity index (χ2v) is 10.2. The first-order chi connectivity index (χ1) is 14.0. The topological polar surface area (TPSA) is 0 Å². The van der Waals surface area contributed by atoms with Crippen LogP contribution in [0.3, 0.4) is 0 Å². The largest absolute Gasteiger partial charge is 0.194 e. The van der Waals surface area contributed by atoms with E-state index in [2.05, 4.69) is 161 Å². The fourth-order valence-electron chi connectivity index (χ4n) is 3.55. The van der Waals surface area contributed by atoms with Crippen molar-refractivity contribution < 1.29 is 0 Å². The lowest BCUT2D eigenvalue weighted by Gasteiger charge is -2.37. The van der Waals surface area contributed by atoms with Crippen LogP contribution in [0.1, 0.15) is 0 Å². The molecule has 4 rings (SSSR count). The SMILES string of the molecule is Brc1ccc([N+](c2ccc(Br)cc2)(c2ccc(Br)cc2)c2ccc(Br)cc2)cc1. The molecular weight excluding hydrogens is 622 g/mol. The van der Waals surface area contributed by atoms with E-state index in [1.165, 1.54) is 0 Å². The van der Waals surface area contributed by atoms with Gasteiger partial charge in [0.05, 0.1) is 0 Å². The molecule has 144 valence electrons. The molecule has 29 heavy (non-hydrogen) atoms. The van der Waals surface area contributed by atoms with Gasteiger partial charge in [-0.25, -0.2) is 0 Å². The highest BCUT2D eigenvalue weighted by Crippen LogP contribution is 2.52. The van der Waals surface area contributed by atoms with E-state index in [0.717, 1.165) is 40.6 Å². The molecule has 0 aliphatic rings. The van der Waals surface area contributed by atoms with Crippen LogP contribution in [0.2, 0.25) is 0 Å². The van der Waals surface area contributed by atoms with Gasteiger partial charge in [-0.1, -0.05) is 63.7 Å². The van der Waals surface area contributed by atoms with Crippen LogP contribution in [0.15, 0.2) is 115 Å². The molecule has 0 fully saturated rings. The molecule has 0 saturated heterocycles. The summed E-state index contributed by atoms with van der Waals surface area (Å²) in [6.07, 6.45) is 0. The molecule has 0 atom stereocenters. The molecule has 4 aromatic carbocycles. The van der Waals surface area contributed by atoms with E-state index < -0.39 is 0 Å². The maximum atomic E-state index is 3.58. The molecular formula is C24H16Br4N+. The van der Waals surface area contributed by atoms with Crippen molar-refractivity contribution in [3.63, 3.8) is 0 Å². The van der Waals surface area contributed by atoms with Crippen LogP contribution in [-0.2, 0) is 0 Å². The lowest BCUT2D eigenvalue weighted by molar-refractivity contribution is 0.703. The highest BCUT2D eigenvalue weighted by molar-refractivity contribution is 9.11. The molecule has 0 aliphatic heterocycles. The van der Waals surface area contributed by atoms with Crippen LogP contribution >= 0.6 is 63.7 Å². The summed E-state index contributed by atoms with van der Waals surface area (Å²) < 4.78 is 4.70. The van der Waals surface area contributed by atoms with Crippen molar-refractivity contribution in [3.05, 3.63) is 115 Å². The Morgan fingerprint density at radius 2 is 0.483 bits per heavy atom. The molecule has 0 spiro atoms. The molecule has 0 unspecified atom stereocenters. The molecule has 0 heterocycles. The average Bonchev–Trinajstić information content (AvgIpc) is 2.73. The van der Waals surface area contributed by atoms with E-state index in [0.29, 0.717) is 4.48 Å². The number of hydrogen-bond acceptors (Lipinski definition) is 0. The Bertz CT molecular complexity index is 916. The quantitative estimate of drug-likeness (QED) is 0.195. The Morgan fingerprint density at radius 1 is 0.310 bits per heavy atom. The molecule has 0 saturated carbocycles. The van der Waals surface area contributed by atoms with Crippen molar-refractivity contribution in [3.8, 4) is 0 Å². The highest BCUT2D eigenvalue weighted by Gasteiger charge is 2.39. The summed E-state index contributed by atoms with van der Waals surface area (Å²) in [6.45, 7) is 0. The van der Waals surface area contributed by atoms with Gasteiger partial charge in [-0.2, -0.15) is 4.48 Å². The van der Waals surface area contributed by atoms with Crippen molar-refractivity contribution in [1.29, 1.82) is 0 Å². The minimum atomic E-state index is 0.473. The first-order valence-corrected chi connectivity index (χ1v) is 12.1. The van der Waals surface area contributed by atoms with E-state index in [9.17, 15) is 0 Å². The van der Waals surface area contributed by atoms with Gasteiger partial charge in [-0.05, 0) is 48.5 Å². The normalized spacial score (nSPS) is 11.4. The summed E-state index contributed by atoms with van der Waals surface area (Å²) in [5.74, 6) is 0. The summed E-state index contributed by atoms with van der Waals surface area (Å²) >= 11 is 14.3. The first-order valence-electron chi connectivity index (χ1n) is 8.94. The van der Waals surface area contributed by atoms with Crippen molar-refractivity contribution in [2.75, 3.05) is 0 Å². The van der Waals surface area contributed by atoms with Crippen molar-refractivity contribution in [2.45, 2.75) is 0 Å². The molecule has 0 N–H and O–H groups in total. The Morgan fingerprint density at radius 3 is 0.655 bits per heavy atom. The lowest BCUT2D eigenvalue weighted by atomic mass is 10.1. The Kier molecular flexibility index (Phi) is 6.42. The Labute approximate surface area is 204 Å². The van der Waals surface area contributed by atoms with Gasteiger partial charge in [0.2, 0.25) is 0 Å². The zero-order chi connectivity index (χ0) is 20.4. The van der Waals surface area contributed by atoms with Crippen LogP contribution in [0, 0.1) is 0 Å². The third-order valence-electron chi connectivity index (χ3n) is 4.86. The van der Waals surface area contributed by atoms with Crippen LogP contribution < -0.4 is 4.48 Å².